The molecule has 7 heteroatoms. The molecule has 0 aliphatic heterocycles. The van der Waals surface area contributed by atoms with Gasteiger partial charge in [-0.1, -0.05) is 23.7 Å². The number of carboxylic acids is 1. The standard InChI is InChI=1S/C18H10ClF2NO3/c19-14-8-16(13(18(24)25)7-15(14)21)22-17(23)11-2-1-10-6-12(20)4-3-9(10)5-11/h1-8H,(H,22,23)(H,24,25). The van der Waals surface area contributed by atoms with Crippen LogP contribution in [0, 0.1) is 11.6 Å². The van der Waals surface area contributed by atoms with Crippen molar-refractivity contribution in [3.05, 3.63) is 76.3 Å². The minimum atomic E-state index is -1.40. The number of aromatic carboxylic acids is 1. The van der Waals surface area contributed by atoms with Crippen LogP contribution in [0.1, 0.15) is 20.7 Å². The minimum Gasteiger partial charge on any atom is -0.478 e. The molecule has 0 atom stereocenters. The Hall–Kier alpha value is -2.99. The van der Waals surface area contributed by atoms with Crippen molar-refractivity contribution in [2.45, 2.75) is 0 Å². The molecule has 0 bridgehead atoms. The third-order valence-electron chi connectivity index (χ3n) is 3.60. The SMILES string of the molecule is O=C(Nc1cc(Cl)c(F)cc1C(=O)O)c1ccc2cc(F)ccc2c1. The van der Waals surface area contributed by atoms with Gasteiger partial charge in [0, 0.05) is 5.56 Å². The van der Waals surface area contributed by atoms with Crippen molar-refractivity contribution < 1.29 is 23.5 Å². The molecule has 0 aliphatic carbocycles. The van der Waals surface area contributed by atoms with E-state index in [1.807, 2.05) is 0 Å². The molecule has 0 heterocycles. The minimum absolute atomic E-state index is 0.122. The lowest BCUT2D eigenvalue weighted by Gasteiger charge is -2.10. The van der Waals surface area contributed by atoms with Crippen molar-refractivity contribution in [1.82, 2.24) is 0 Å². The summed E-state index contributed by atoms with van der Waals surface area (Å²) in [4.78, 5) is 23.6. The summed E-state index contributed by atoms with van der Waals surface area (Å²) in [5.41, 5.74) is -0.308. The second-order valence-electron chi connectivity index (χ2n) is 5.28. The fourth-order valence-corrected chi connectivity index (χ4v) is 2.54. The third kappa shape index (κ3) is 3.44. The average Bonchev–Trinajstić information content (AvgIpc) is 2.57. The van der Waals surface area contributed by atoms with Crippen molar-refractivity contribution in [2.75, 3.05) is 5.32 Å². The molecule has 0 unspecified atom stereocenters. The second-order valence-corrected chi connectivity index (χ2v) is 5.68. The maximum absolute atomic E-state index is 13.4. The first kappa shape index (κ1) is 16.9. The van der Waals surface area contributed by atoms with Gasteiger partial charge in [-0.25, -0.2) is 13.6 Å². The summed E-state index contributed by atoms with van der Waals surface area (Å²) in [6.07, 6.45) is 0. The topological polar surface area (TPSA) is 66.4 Å². The molecule has 0 fully saturated rings. The molecule has 0 spiro atoms. The van der Waals surface area contributed by atoms with Gasteiger partial charge < -0.3 is 10.4 Å². The van der Waals surface area contributed by atoms with E-state index in [1.165, 1.54) is 30.3 Å². The van der Waals surface area contributed by atoms with E-state index < -0.39 is 29.1 Å². The lowest BCUT2D eigenvalue weighted by Crippen LogP contribution is -2.15. The van der Waals surface area contributed by atoms with Gasteiger partial charge in [0.2, 0.25) is 0 Å². The van der Waals surface area contributed by atoms with Gasteiger partial charge in [0.15, 0.2) is 0 Å². The number of hydrogen-bond donors (Lipinski definition) is 2. The summed E-state index contributed by atoms with van der Waals surface area (Å²) >= 11 is 5.66. The lowest BCUT2D eigenvalue weighted by molar-refractivity contribution is 0.0697. The molecule has 3 aromatic carbocycles. The van der Waals surface area contributed by atoms with E-state index in [1.54, 1.807) is 6.07 Å². The van der Waals surface area contributed by atoms with Crippen LogP contribution in [0.15, 0.2) is 48.5 Å². The molecule has 25 heavy (non-hydrogen) atoms. The Kier molecular flexibility index (Phi) is 4.37. The average molecular weight is 362 g/mol. The van der Waals surface area contributed by atoms with Crippen molar-refractivity contribution in [1.29, 1.82) is 0 Å². The summed E-state index contributed by atoms with van der Waals surface area (Å²) < 4.78 is 26.6. The first-order valence-electron chi connectivity index (χ1n) is 7.08. The van der Waals surface area contributed by atoms with Gasteiger partial charge in [0.05, 0.1) is 16.3 Å². The van der Waals surface area contributed by atoms with Crippen LogP contribution in [0.5, 0.6) is 0 Å². The number of carbonyl (C=O) groups excluding carboxylic acids is 1. The summed E-state index contributed by atoms with van der Waals surface area (Å²) in [5.74, 6) is -3.29. The van der Waals surface area contributed by atoms with Crippen LogP contribution in [-0.4, -0.2) is 17.0 Å². The number of nitrogens with one attached hydrogen (secondary N) is 1. The molecule has 0 aliphatic rings. The van der Waals surface area contributed by atoms with Gasteiger partial charge in [-0.2, -0.15) is 0 Å². The fraction of sp³-hybridized carbons (Fsp3) is 0. The molecular formula is C18H10ClF2NO3. The smallest absolute Gasteiger partial charge is 0.337 e. The van der Waals surface area contributed by atoms with E-state index in [4.69, 9.17) is 16.7 Å². The number of amides is 1. The number of anilines is 1. The Bertz CT molecular complexity index is 1020. The predicted molar refractivity (Wildman–Crippen MR) is 90.2 cm³/mol. The number of hydrogen-bond acceptors (Lipinski definition) is 2. The number of carboxylic acid groups (broad SMARTS) is 1. The largest absolute Gasteiger partial charge is 0.478 e. The molecule has 3 aromatic rings. The Morgan fingerprint density at radius 3 is 2.36 bits per heavy atom. The van der Waals surface area contributed by atoms with E-state index in [0.717, 1.165) is 12.1 Å². The highest BCUT2D eigenvalue weighted by molar-refractivity contribution is 6.31. The first-order valence-corrected chi connectivity index (χ1v) is 7.46. The molecule has 1 amide bonds. The van der Waals surface area contributed by atoms with Crippen LogP contribution in [-0.2, 0) is 0 Å². The molecule has 0 saturated carbocycles. The van der Waals surface area contributed by atoms with Gasteiger partial charge in [-0.05, 0) is 47.2 Å². The van der Waals surface area contributed by atoms with Crippen molar-refractivity contribution in [3.63, 3.8) is 0 Å². The summed E-state index contributed by atoms with van der Waals surface area (Å²) in [7, 11) is 0. The molecule has 0 saturated heterocycles. The van der Waals surface area contributed by atoms with Crippen LogP contribution in [0.4, 0.5) is 14.5 Å². The molecule has 2 N–H and O–H groups in total. The Labute approximate surface area is 145 Å². The van der Waals surface area contributed by atoms with Gasteiger partial charge in [-0.3, -0.25) is 4.79 Å². The highest BCUT2D eigenvalue weighted by Crippen LogP contribution is 2.25. The van der Waals surface area contributed by atoms with Gasteiger partial charge >= 0.3 is 5.97 Å². The van der Waals surface area contributed by atoms with Crippen molar-refractivity contribution in [2.24, 2.45) is 0 Å². The lowest BCUT2D eigenvalue weighted by atomic mass is 10.1. The van der Waals surface area contributed by atoms with E-state index in [2.05, 4.69) is 5.32 Å². The Morgan fingerprint density at radius 2 is 1.64 bits per heavy atom. The van der Waals surface area contributed by atoms with Crippen LogP contribution in [0.3, 0.4) is 0 Å². The van der Waals surface area contributed by atoms with Gasteiger partial charge in [0.25, 0.3) is 5.91 Å². The van der Waals surface area contributed by atoms with E-state index in [9.17, 15) is 18.4 Å². The third-order valence-corrected chi connectivity index (χ3v) is 3.89. The van der Waals surface area contributed by atoms with Gasteiger partial charge in [0.1, 0.15) is 11.6 Å². The molecule has 0 aromatic heterocycles. The number of halogens is 3. The number of benzene rings is 3. The number of rotatable bonds is 3. The molecule has 3 rings (SSSR count). The fourth-order valence-electron chi connectivity index (χ4n) is 2.38. The first-order chi connectivity index (χ1) is 11.8. The summed E-state index contributed by atoms with van der Waals surface area (Å²) in [5, 5.41) is 12.5. The van der Waals surface area contributed by atoms with Crippen LogP contribution < -0.4 is 5.32 Å². The summed E-state index contributed by atoms with van der Waals surface area (Å²) in [6, 6.07) is 10.5. The highest BCUT2D eigenvalue weighted by Gasteiger charge is 2.17. The van der Waals surface area contributed by atoms with E-state index >= 15 is 0 Å². The van der Waals surface area contributed by atoms with Crippen LogP contribution in [0.2, 0.25) is 5.02 Å². The zero-order chi connectivity index (χ0) is 18.1. The van der Waals surface area contributed by atoms with Crippen molar-refractivity contribution in [3.8, 4) is 0 Å². The maximum Gasteiger partial charge on any atom is 0.337 e. The van der Waals surface area contributed by atoms with E-state index in [0.29, 0.717) is 10.8 Å². The molecular weight excluding hydrogens is 352 g/mol. The number of carbonyl (C=O) groups is 2. The second kappa shape index (κ2) is 6.49. The Morgan fingerprint density at radius 1 is 0.960 bits per heavy atom. The zero-order valence-corrected chi connectivity index (χ0v) is 13.3. The normalized spacial score (nSPS) is 10.7. The number of fused-ring (bicyclic) bond motifs is 1. The molecule has 126 valence electrons. The zero-order valence-electron chi connectivity index (χ0n) is 12.5. The molecule has 0 radical (unpaired) electrons. The quantitative estimate of drug-likeness (QED) is 0.709. The summed E-state index contributed by atoms with van der Waals surface area (Å²) in [6.45, 7) is 0. The van der Waals surface area contributed by atoms with Gasteiger partial charge in [-0.15, -0.1) is 0 Å². The van der Waals surface area contributed by atoms with Crippen molar-refractivity contribution >= 4 is 39.9 Å². The highest BCUT2D eigenvalue weighted by atomic mass is 35.5. The van der Waals surface area contributed by atoms with E-state index in [-0.39, 0.29) is 16.3 Å². The van der Waals surface area contributed by atoms with Crippen LogP contribution in [0.25, 0.3) is 10.8 Å². The monoisotopic (exact) mass is 361 g/mol. The molecule has 4 nitrogen and oxygen atoms in total. The predicted octanol–water partition coefficient (Wildman–Crippen LogP) is 4.72. The van der Waals surface area contributed by atoms with Crippen LogP contribution >= 0.6 is 11.6 Å². The maximum atomic E-state index is 13.4. The Balaban J connectivity index is 1.96.